The molecule has 0 radical (unpaired) electrons. The molecule has 19 heavy (non-hydrogen) atoms. The zero-order valence-corrected chi connectivity index (χ0v) is 10.7. The molecule has 0 saturated heterocycles. The molecule has 1 atom stereocenters. The van der Waals surface area contributed by atoms with E-state index in [1.165, 1.54) is 4.90 Å². The van der Waals surface area contributed by atoms with E-state index in [0.717, 1.165) is 18.4 Å². The molecule has 2 aliphatic rings. The normalized spacial score (nSPS) is 22.8. The third-order valence-electron chi connectivity index (χ3n) is 3.89. The largest absolute Gasteiger partial charge is 0.480 e. The van der Waals surface area contributed by atoms with E-state index in [0.29, 0.717) is 12.1 Å². The fraction of sp³-hybridized carbons (Fsp3) is 0.429. The number of benzene rings is 1. The summed E-state index contributed by atoms with van der Waals surface area (Å²) in [5.41, 5.74) is 1.46. The molecule has 5 nitrogen and oxygen atoms in total. The number of hydrogen-bond donors (Lipinski definition) is 2. The Kier molecular flexibility index (Phi) is 2.52. The van der Waals surface area contributed by atoms with Crippen molar-refractivity contribution in [2.24, 2.45) is 0 Å². The summed E-state index contributed by atoms with van der Waals surface area (Å²) in [6.07, 6.45) is 2.27. The molecule has 3 rings (SSSR count). The van der Waals surface area contributed by atoms with Crippen molar-refractivity contribution in [2.45, 2.75) is 37.8 Å². The van der Waals surface area contributed by atoms with Crippen molar-refractivity contribution in [1.29, 1.82) is 0 Å². The molecule has 1 saturated carbocycles. The van der Waals surface area contributed by atoms with Crippen molar-refractivity contribution in [2.75, 3.05) is 4.90 Å². The van der Waals surface area contributed by atoms with Gasteiger partial charge in [-0.15, -0.1) is 0 Å². The quantitative estimate of drug-likeness (QED) is 0.851. The first kappa shape index (κ1) is 12.0. The molecule has 0 spiro atoms. The Morgan fingerprint density at radius 1 is 1.37 bits per heavy atom. The average molecular weight is 260 g/mol. The van der Waals surface area contributed by atoms with E-state index in [-0.39, 0.29) is 11.6 Å². The lowest BCUT2D eigenvalue weighted by atomic mass is 10.1. The number of nitrogens with one attached hydrogen (secondary N) is 1. The molecule has 1 aliphatic heterocycles. The van der Waals surface area contributed by atoms with E-state index in [4.69, 9.17) is 0 Å². The number of aliphatic carboxylic acids is 1. The minimum absolute atomic E-state index is 0.155. The number of hydrogen-bond acceptors (Lipinski definition) is 2. The Morgan fingerprint density at radius 3 is 2.68 bits per heavy atom. The van der Waals surface area contributed by atoms with Gasteiger partial charge in [0.1, 0.15) is 6.04 Å². The van der Waals surface area contributed by atoms with E-state index in [9.17, 15) is 14.7 Å². The number of nitrogens with zero attached hydrogens (tertiary/aromatic N) is 1. The van der Waals surface area contributed by atoms with Crippen LogP contribution < -0.4 is 10.2 Å². The van der Waals surface area contributed by atoms with Crippen LogP contribution in [-0.2, 0) is 11.2 Å². The van der Waals surface area contributed by atoms with Gasteiger partial charge in [0.15, 0.2) is 0 Å². The number of carbonyl (C=O) groups is 2. The summed E-state index contributed by atoms with van der Waals surface area (Å²) in [5.74, 6) is -0.965. The van der Waals surface area contributed by atoms with Crippen LogP contribution >= 0.6 is 0 Å². The van der Waals surface area contributed by atoms with Gasteiger partial charge in [0.2, 0.25) is 0 Å². The van der Waals surface area contributed by atoms with Gasteiger partial charge < -0.3 is 10.4 Å². The average Bonchev–Trinajstić information content (AvgIpc) is 2.94. The Balaban J connectivity index is 1.91. The summed E-state index contributed by atoms with van der Waals surface area (Å²) < 4.78 is 0. The molecule has 0 aromatic heterocycles. The third kappa shape index (κ3) is 2.05. The number of fused-ring (bicyclic) bond motifs is 1. The number of urea groups is 1. The second kappa shape index (κ2) is 3.98. The highest BCUT2D eigenvalue weighted by Gasteiger charge is 2.44. The predicted molar refractivity (Wildman–Crippen MR) is 70.2 cm³/mol. The maximum absolute atomic E-state index is 12.3. The molecule has 5 heteroatoms. The topological polar surface area (TPSA) is 69.6 Å². The SMILES string of the molecule is CC1(NC(=O)N2c3ccccc3C[C@H]2C(=O)O)CC1. The number of carbonyl (C=O) groups excluding carboxylic acids is 1. The highest BCUT2D eigenvalue weighted by atomic mass is 16.4. The van der Waals surface area contributed by atoms with Crippen LogP contribution in [-0.4, -0.2) is 28.7 Å². The number of carboxylic acids is 1. The fourth-order valence-electron chi connectivity index (χ4n) is 2.47. The van der Waals surface area contributed by atoms with Crippen LogP contribution in [0.15, 0.2) is 24.3 Å². The van der Waals surface area contributed by atoms with Gasteiger partial charge in [-0.25, -0.2) is 9.59 Å². The Hall–Kier alpha value is -2.04. The molecular formula is C14H16N2O3. The minimum Gasteiger partial charge on any atom is -0.480 e. The van der Waals surface area contributed by atoms with E-state index in [2.05, 4.69) is 5.32 Å². The summed E-state index contributed by atoms with van der Waals surface area (Å²) >= 11 is 0. The summed E-state index contributed by atoms with van der Waals surface area (Å²) in [6.45, 7) is 1.97. The number of anilines is 1. The van der Waals surface area contributed by atoms with Crippen molar-refractivity contribution >= 4 is 17.7 Å². The molecule has 100 valence electrons. The van der Waals surface area contributed by atoms with Crippen LogP contribution in [0.2, 0.25) is 0 Å². The second-order valence-electron chi connectivity index (χ2n) is 5.55. The molecule has 1 aromatic rings. The lowest BCUT2D eigenvalue weighted by Crippen LogP contribution is -2.50. The van der Waals surface area contributed by atoms with Gasteiger partial charge in [0, 0.05) is 17.6 Å². The van der Waals surface area contributed by atoms with Gasteiger partial charge in [0.05, 0.1) is 0 Å². The number of para-hydroxylation sites is 1. The molecular weight excluding hydrogens is 244 g/mol. The van der Waals surface area contributed by atoms with Gasteiger partial charge in [-0.2, -0.15) is 0 Å². The monoisotopic (exact) mass is 260 g/mol. The maximum atomic E-state index is 12.3. The second-order valence-corrected chi connectivity index (χ2v) is 5.55. The fourth-order valence-corrected chi connectivity index (χ4v) is 2.47. The van der Waals surface area contributed by atoms with Crippen LogP contribution in [0.5, 0.6) is 0 Å². The van der Waals surface area contributed by atoms with Gasteiger partial charge in [-0.05, 0) is 31.4 Å². The predicted octanol–water partition coefficient (Wildman–Crippen LogP) is 1.76. The number of amides is 2. The first-order valence-electron chi connectivity index (χ1n) is 6.42. The summed E-state index contributed by atoms with van der Waals surface area (Å²) in [7, 11) is 0. The van der Waals surface area contributed by atoms with Gasteiger partial charge in [-0.3, -0.25) is 4.90 Å². The van der Waals surface area contributed by atoms with E-state index in [1.54, 1.807) is 6.07 Å². The highest BCUT2D eigenvalue weighted by molar-refractivity contribution is 6.01. The number of rotatable bonds is 2. The van der Waals surface area contributed by atoms with E-state index in [1.807, 2.05) is 25.1 Å². The van der Waals surface area contributed by atoms with Crippen LogP contribution in [0.3, 0.4) is 0 Å². The van der Waals surface area contributed by atoms with E-state index >= 15 is 0 Å². The van der Waals surface area contributed by atoms with Crippen molar-refractivity contribution in [3.63, 3.8) is 0 Å². The van der Waals surface area contributed by atoms with Crippen LogP contribution in [0, 0.1) is 0 Å². The highest BCUT2D eigenvalue weighted by Crippen LogP contribution is 2.37. The first-order chi connectivity index (χ1) is 9.00. The van der Waals surface area contributed by atoms with Crippen molar-refractivity contribution in [1.82, 2.24) is 5.32 Å². The van der Waals surface area contributed by atoms with Gasteiger partial charge in [0.25, 0.3) is 0 Å². The van der Waals surface area contributed by atoms with Gasteiger partial charge >= 0.3 is 12.0 Å². The molecule has 1 aromatic carbocycles. The third-order valence-corrected chi connectivity index (χ3v) is 3.89. The standard InChI is InChI=1S/C14H16N2O3/c1-14(6-7-14)15-13(19)16-10-5-3-2-4-9(10)8-11(16)12(17)18/h2-5,11H,6-8H2,1H3,(H,15,19)(H,17,18)/t11-/m0/s1. The molecule has 1 aliphatic carbocycles. The maximum Gasteiger partial charge on any atom is 0.327 e. The minimum atomic E-state index is -0.965. The smallest absolute Gasteiger partial charge is 0.327 e. The van der Waals surface area contributed by atoms with Crippen LogP contribution in [0.1, 0.15) is 25.3 Å². The van der Waals surface area contributed by atoms with Crippen molar-refractivity contribution in [3.05, 3.63) is 29.8 Å². The molecule has 2 amide bonds. The molecule has 0 bridgehead atoms. The lowest BCUT2D eigenvalue weighted by molar-refractivity contribution is -0.138. The zero-order chi connectivity index (χ0) is 13.6. The summed E-state index contributed by atoms with van der Waals surface area (Å²) in [4.78, 5) is 25.1. The first-order valence-corrected chi connectivity index (χ1v) is 6.42. The Morgan fingerprint density at radius 2 is 2.05 bits per heavy atom. The molecule has 0 unspecified atom stereocenters. The molecule has 1 fully saturated rings. The molecule has 1 heterocycles. The van der Waals surface area contributed by atoms with E-state index < -0.39 is 12.0 Å². The van der Waals surface area contributed by atoms with Crippen molar-refractivity contribution in [3.8, 4) is 0 Å². The molecule has 2 N–H and O–H groups in total. The Bertz CT molecular complexity index is 551. The summed E-state index contributed by atoms with van der Waals surface area (Å²) in [5, 5.41) is 12.2. The van der Waals surface area contributed by atoms with Gasteiger partial charge in [-0.1, -0.05) is 18.2 Å². The van der Waals surface area contributed by atoms with Crippen LogP contribution in [0.25, 0.3) is 0 Å². The summed E-state index contributed by atoms with van der Waals surface area (Å²) in [6, 6.07) is 6.24. The lowest BCUT2D eigenvalue weighted by Gasteiger charge is -2.25. The number of carboxylic acid groups (broad SMARTS) is 1. The zero-order valence-electron chi connectivity index (χ0n) is 10.7. The van der Waals surface area contributed by atoms with Crippen LogP contribution in [0.4, 0.5) is 10.5 Å². The Labute approximate surface area is 111 Å². The van der Waals surface area contributed by atoms with Crippen molar-refractivity contribution < 1.29 is 14.7 Å².